The fourth-order valence-corrected chi connectivity index (χ4v) is 5.55. The zero-order valence-electron chi connectivity index (χ0n) is 27.6. The molecule has 0 saturated carbocycles. The fourth-order valence-electron chi connectivity index (χ4n) is 5.55. The second-order valence-electron chi connectivity index (χ2n) is 12.4. The molecule has 4 nitrogen and oxygen atoms in total. The molecule has 0 aromatic heterocycles. The van der Waals surface area contributed by atoms with Crippen LogP contribution in [-0.2, 0) is 14.3 Å². The molecule has 1 unspecified atom stereocenters. The molecule has 0 aliphatic rings. The summed E-state index contributed by atoms with van der Waals surface area (Å²) in [6.45, 7) is 4.59. The van der Waals surface area contributed by atoms with Crippen LogP contribution in [0.15, 0.2) is 12.2 Å². The van der Waals surface area contributed by atoms with Gasteiger partial charge in [-0.2, -0.15) is 0 Å². The van der Waals surface area contributed by atoms with Crippen molar-refractivity contribution in [1.82, 2.24) is 0 Å². The SMILES string of the molecule is CCCCCCCCCCCCCCCCCCCCCCCCC/C=C/CCCC(CC(=O)OCCC)C(=O)O. The normalized spacial score (nSPS) is 12.2. The van der Waals surface area contributed by atoms with Crippen LogP contribution in [0.2, 0.25) is 0 Å². The van der Waals surface area contributed by atoms with Crippen molar-refractivity contribution in [2.24, 2.45) is 5.92 Å². The number of hydrogen-bond acceptors (Lipinski definition) is 3. The summed E-state index contributed by atoms with van der Waals surface area (Å²) in [5.74, 6) is -1.92. The molecule has 0 radical (unpaired) electrons. The van der Waals surface area contributed by atoms with Gasteiger partial charge in [0.05, 0.1) is 18.9 Å². The monoisotopic (exact) mass is 579 g/mol. The molecule has 0 rings (SSSR count). The highest BCUT2D eigenvalue weighted by Crippen LogP contribution is 2.17. The van der Waals surface area contributed by atoms with Crippen LogP contribution in [0.25, 0.3) is 0 Å². The van der Waals surface area contributed by atoms with E-state index in [4.69, 9.17) is 4.74 Å². The molecule has 0 fully saturated rings. The Balaban J connectivity index is 3.31. The lowest BCUT2D eigenvalue weighted by Gasteiger charge is -2.11. The van der Waals surface area contributed by atoms with Gasteiger partial charge in [-0.15, -0.1) is 0 Å². The maximum atomic E-state index is 11.7. The molecule has 4 heteroatoms. The van der Waals surface area contributed by atoms with Gasteiger partial charge in [0, 0.05) is 0 Å². The van der Waals surface area contributed by atoms with Crippen LogP contribution in [0.1, 0.15) is 200 Å². The minimum atomic E-state index is -0.896. The number of allylic oxidation sites excluding steroid dienone is 2. The number of hydrogen-bond donors (Lipinski definition) is 1. The Hall–Kier alpha value is -1.32. The lowest BCUT2D eigenvalue weighted by Crippen LogP contribution is -2.19. The molecule has 0 amide bonds. The number of rotatable bonds is 33. The zero-order chi connectivity index (χ0) is 30.1. The van der Waals surface area contributed by atoms with E-state index in [9.17, 15) is 14.7 Å². The zero-order valence-corrected chi connectivity index (χ0v) is 27.6. The van der Waals surface area contributed by atoms with Gasteiger partial charge in [0.15, 0.2) is 0 Å². The van der Waals surface area contributed by atoms with E-state index in [0.717, 1.165) is 25.7 Å². The number of unbranched alkanes of at least 4 members (excludes halogenated alkanes) is 24. The Bertz CT molecular complexity index is 585. The van der Waals surface area contributed by atoms with E-state index in [-0.39, 0.29) is 6.42 Å². The van der Waals surface area contributed by atoms with Crippen molar-refractivity contribution < 1.29 is 19.4 Å². The van der Waals surface area contributed by atoms with Crippen molar-refractivity contribution >= 4 is 11.9 Å². The Morgan fingerprint density at radius 2 is 0.902 bits per heavy atom. The van der Waals surface area contributed by atoms with Crippen molar-refractivity contribution in [1.29, 1.82) is 0 Å². The van der Waals surface area contributed by atoms with Crippen LogP contribution in [-0.4, -0.2) is 23.7 Å². The van der Waals surface area contributed by atoms with E-state index in [0.29, 0.717) is 13.0 Å². The van der Waals surface area contributed by atoms with Crippen LogP contribution in [0, 0.1) is 5.92 Å². The van der Waals surface area contributed by atoms with Gasteiger partial charge < -0.3 is 9.84 Å². The highest BCUT2D eigenvalue weighted by atomic mass is 16.5. The Labute approximate surface area is 255 Å². The van der Waals surface area contributed by atoms with Gasteiger partial charge in [0.25, 0.3) is 0 Å². The maximum Gasteiger partial charge on any atom is 0.307 e. The number of carboxylic acid groups (broad SMARTS) is 1. The number of esters is 1. The van der Waals surface area contributed by atoms with Crippen LogP contribution in [0.5, 0.6) is 0 Å². The standard InChI is InChI=1S/C37H70O4/c1-3-5-6-7-8-9-10-11-12-13-14-15-16-17-18-19-20-21-22-23-24-25-26-27-28-29-30-31-32-35(37(39)40)34-36(38)41-33-4-2/h28-29,35H,3-27,30-34H2,1-2H3,(H,39,40)/b29-28+. The number of carbonyl (C=O) groups is 2. The molecule has 0 aromatic carbocycles. The molecule has 0 spiro atoms. The van der Waals surface area contributed by atoms with Crippen molar-refractivity contribution in [2.75, 3.05) is 6.61 Å². The third-order valence-electron chi connectivity index (χ3n) is 8.29. The molecule has 0 heterocycles. The van der Waals surface area contributed by atoms with Crippen molar-refractivity contribution in [2.45, 2.75) is 200 Å². The molecule has 0 saturated heterocycles. The van der Waals surface area contributed by atoms with E-state index in [1.54, 1.807) is 0 Å². The second-order valence-corrected chi connectivity index (χ2v) is 12.4. The predicted octanol–water partition coefficient (Wildman–Crippen LogP) is 12.1. The van der Waals surface area contributed by atoms with E-state index >= 15 is 0 Å². The number of ether oxygens (including phenoxy) is 1. The van der Waals surface area contributed by atoms with Crippen molar-refractivity contribution in [3.8, 4) is 0 Å². The average molecular weight is 579 g/mol. The first-order valence-corrected chi connectivity index (χ1v) is 18.1. The van der Waals surface area contributed by atoms with Gasteiger partial charge in [-0.3, -0.25) is 9.59 Å². The Kier molecular flexibility index (Phi) is 32.1. The van der Waals surface area contributed by atoms with Crippen LogP contribution < -0.4 is 0 Å². The van der Waals surface area contributed by atoms with Gasteiger partial charge in [-0.1, -0.05) is 167 Å². The summed E-state index contributed by atoms with van der Waals surface area (Å²) in [5.41, 5.74) is 0. The van der Waals surface area contributed by atoms with Crippen molar-refractivity contribution in [3.05, 3.63) is 12.2 Å². The second kappa shape index (κ2) is 33.2. The number of carbonyl (C=O) groups excluding carboxylic acids is 1. The van der Waals surface area contributed by atoms with Gasteiger partial charge in [0.2, 0.25) is 0 Å². The molecule has 0 aliphatic heterocycles. The molecule has 1 N–H and O–H groups in total. The molecule has 1 atom stereocenters. The summed E-state index contributed by atoms with van der Waals surface area (Å²) in [6.07, 6.45) is 41.1. The van der Waals surface area contributed by atoms with Gasteiger partial charge in [0.1, 0.15) is 0 Å². The van der Waals surface area contributed by atoms with E-state index in [1.165, 1.54) is 148 Å². The number of carboxylic acids is 1. The van der Waals surface area contributed by atoms with Crippen LogP contribution in [0.3, 0.4) is 0 Å². The third kappa shape index (κ3) is 31.4. The van der Waals surface area contributed by atoms with Gasteiger partial charge >= 0.3 is 11.9 Å². The molecule has 0 aliphatic carbocycles. The molecule has 41 heavy (non-hydrogen) atoms. The minimum Gasteiger partial charge on any atom is -0.481 e. The third-order valence-corrected chi connectivity index (χ3v) is 8.29. The first-order chi connectivity index (χ1) is 20.1. The molecule has 242 valence electrons. The van der Waals surface area contributed by atoms with Gasteiger partial charge in [-0.05, 0) is 38.5 Å². The summed E-state index contributed by atoms with van der Waals surface area (Å²) < 4.78 is 5.02. The van der Waals surface area contributed by atoms with Crippen LogP contribution in [0.4, 0.5) is 0 Å². The van der Waals surface area contributed by atoms with E-state index in [1.807, 2.05) is 6.92 Å². The fraction of sp³-hybridized carbons (Fsp3) is 0.892. The van der Waals surface area contributed by atoms with Gasteiger partial charge in [-0.25, -0.2) is 0 Å². The summed E-state index contributed by atoms with van der Waals surface area (Å²) in [5, 5.41) is 9.32. The first-order valence-electron chi connectivity index (χ1n) is 18.1. The maximum absolute atomic E-state index is 11.7. The topological polar surface area (TPSA) is 63.6 Å². The van der Waals surface area contributed by atoms with Crippen LogP contribution >= 0.6 is 0 Å². The summed E-state index contributed by atoms with van der Waals surface area (Å²) in [7, 11) is 0. The average Bonchev–Trinajstić information content (AvgIpc) is 2.96. The highest BCUT2D eigenvalue weighted by molar-refractivity contribution is 5.78. The van der Waals surface area contributed by atoms with E-state index in [2.05, 4.69) is 19.1 Å². The Morgan fingerprint density at radius 1 is 0.537 bits per heavy atom. The summed E-state index contributed by atoms with van der Waals surface area (Å²) >= 11 is 0. The molecule has 0 aromatic rings. The highest BCUT2D eigenvalue weighted by Gasteiger charge is 2.21. The molecular formula is C37H70O4. The largest absolute Gasteiger partial charge is 0.481 e. The lowest BCUT2D eigenvalue weighted by molar-refractivity contribution is -0.151. The van der Waals surface area contributed by atoms with E-state index < -0.39 is 17.9 Å². The molecule has 0 bridgehead atoms. The quantitative estimate of drug-likeness (QED) is 0.0478. The van der Waals surface area contributed by atoms with Crippen molar-refractivity contribution in [3.63, 3.8) is 0 Å². The summed E-state index contributed by atoms with van der Waals surface area (Å²) in [6, 6.07) is 0. The lowest BCUT2D eigenvalue weighted by atomic mass is 9.98. The molecular weight excluding hydrogens is 508 g/mol. The Morgan fingerprint density at radius 3 is 1.27 bits per heavy atom. The predicted molar refractivity (Wildman–Crippen MR) is 176 cm³/mol. The minimum absolute atomic E-state index is 0.0153. The first kappa shape index (κ1) is 39.7. The smallest absolute Gasteiger partial charge is 0.307 e. The number of aliphatic carboxylic acids is 1. The summed E-state index contributed by atoms with van der Waals surface area (Å²) in [4.78, 5) is 23.0.